The van der Waals surface area contributed by atoms with Crippen molar-refractivity contribution in [3.63, 3.8) is 0 Å². The largest absolute Gasteiger partial charge is 0.493 e. The third kappa shape index (κ3) is 5.63. The summed E-state index contributed by atoms with van der Waals surface area (Å²) in [5.41, 5.74) is 0.205. The summed E-state index contributed by atoms with van der Waals surface area (Å²) in [4.78, 5) is 22.9. The summed E-state index contributed by atoms with van der Waals surface area (Å²) in [6, 6.07) is 1.90. The Labute approximate surface area is 140 Å². The van der Waals surface area contributed by atoms with Gasteiger partial charge in [0.15, 0.2) is 11.5 Å². The fourth-order valence-corrected chi connectivity index (χ4v) is 1.99. The minimum atomic E-state index is -1.12. The zero-order valence-electron chi connectivity index (χ0n) is 13.7. The van der Waals surface area contributed by atoms with Gasteiger partial charge < -0.3 is 19.9 Å². The highest BCUT2D eigenvalue weighted by Crippen LogP contribution is 2.36. The Morgan fingerprint density at radius 3 is 2.48 bits per heavy atom. The van der Waals surface area contributed by atoms with Crippen molar-refractivity contribution in [2.75, 3.05) is 13.7 Å². The lowest BCUT2D eigenvalue weighted by Crippen LogP contribution is -2.38. The van der Waals surface area contributed by atoms with Gasteiger partial charge in [0.2, 0.25) is 0 Å². The van der Waals surface area contributed by atoms with Crippen molar-refractivity contribution in [3.05, 3.63) is 22.7 Å². The highest BCUT2D eigenvalue weighted by Gasteiger charge is 2.19. The number of amides is 1. The summed E-state index contributed by atoms with van der Waals surface area (Å²) in [5.74, 6) is -0.478. The molecule has 2 N–H and O–H groups in total. The predicted molar refractivity (Wildman–Crippen MR) is 87.5 cm³/mol. The molecule has 1 rings (SSSR count). The number of methoxy groups -OCH3 is 1. The van der Waals surface area contributed by atoms with Crippen LogP contribution in [0.25, 0.3) is 0 Å². The number of hydrogen-bond acceptors (Lipinski definition) is 4. The van der Waals surface area contributed by atoms with Crippen LogP contribution in [0.1, 0.15) is 37.6 Å². The van der Waals surface area contributed by atoms with E-state index in [4.69, 9.17) is 26.2 Å². The molecular formula is C16H22ClNO5. The van der Waals surface area contributed by atoms with E-state index in [1.807, 2.05) is 0 Å². The summed E-state index contributed by atoms with van der Waals surface area (Å²) in [6.07, 6.45) is 0.859. The lowest BCUT2D eigenvalue weighted by Gasteiger charge is -2.15. The van der Waals surface area contributed by atoms with Crippen LogP contribution < -0.4 is 14.8 Å². The quantitative estimate of drug-likeness (QED) is 0.758. The lowest BCUT2D eigenvalue weighted by atomic mass is 10.1. The van der Waals surface area contributed by atoms with Crippen molar-refractivity contribution in [1.82, 2.24) is 5.32 Å². The second-order valence-corrected chi connectivity index (χ2v) is 5.96. The summed E-state index contributed by atoms with van der Waals surface area (Å²) in [5, 5.41) is 11.4. The van der Waals surface area contributed by atoms with Crippen LogP contribution in [-0.2, 0) is 4.79 Å². The molecule has 0 unspecified atom stereocenters. The molecule has 1 amide bonds. The maximum absolute atomic E-state index is 12.1. The van der Waals surface area contributed by atoms with Crippen LogP contribution in [0.3, 0.4) is 0 Å². The van der Waals surface area contributed by atoms with Gasteiger partial charge in [0.1, 0.15) is 6.04 Å². The summed E-state index contributed by atoms with van der Waals surface area (Å²) in [7, 11) is 1.45. The van der Waals surface area contributed by atoms with Crippen LogP contribution in [0, 0.1) is 5.92 Å². The van der Waals surface area contributed by atoms with Gasteiger partial charge in [-0.25, -0.2) is 0 Å². The highest BCUT2D eigenvalue weighted by atomic mass is 35.5. The van der Waals surface area contributed by atoms with E-state index in [1.54, 1.807) is 0 Å². The number of carboxylic acids is 1. The first-order valence-electron chi connectivity index (χ1n) is 7.30. The molecule has 7 heteroatoms. The van der Waals surface area contributed by atoms with Crippen molar-refractivity contribution < 1.29 is 24.2 Å². The van der Waals surface area contributed by atoms with Crippen molar-refractivity contribution in [3.8, 4) is 11.5 Å². The van der Waals surface area contributed by atoms with E-state index in [1.165, 1.54) is 26.2 Å². The topological polar surface area (TPSA) is 84.9 Å². The predicted octanol–water partition coefficient (Wildman–Crippen LogP) is 2.98. The van der Waals surface area contributed by atoms with Crippen molar-refractivity contribution in [2.45, 2.75) is 33.2 Å². The molecule has 6 nitrogen and oxygen atoms in total. The second-order valence-electron chi connectivity index (χ2n) is 5.55. The van der Waals surface area contributed by atoms with Gasteiger partial charge in [-0.3, -0.25) is 9.59 Å². The average Bonchev–Trinajstić information content (AvgIpc) is 2.47. The number of carbonyl (C=O) groups excluding carboxylic acids is 1. The van der Waals surface area contributed by atoms with Crippen LogP contribution in [-0.4, -0.2) is 36.7 Å². The lowest BCUT2D eigenvalue weighted by molar-refractivity contribution is -0.138. The molecule has 0 fully saturated rings. The number of nitrogens with one attached hydrogen (secondary N) is 1. The number of ether oxygens (including phenoxy) is 2. The highest BCUT2D eigenvalue weighted by molar-refractivity contribution is 6.32. The molecule has 1 aromatic rings. The molecular weight excluding hydrogens is 322 g/mol. The number of aliphatic carboxylic acids is 1. The molecule has 0 aliphatic rings. The van der Waals surface area contributed by atoms with E-state index in [0.717, 1.165) is 6.42 Å². The Balaban J connectivity index is 2.94. The Kier molecular flexibility index (Phi) is 7.16. The van der Waals surface area contributed by atoms with Gasteiger partial charge >= 0.3 is 5.97 Å². The number of carbonyl (C=O) groups is 2. The molecule has 0 heterocycles. The van der Waals surface area contributed by atoms with E-state index in [-0.39, 0.29) is 10.6 Å². The maximum Gasteiger partial charge on any atom is 0.325 e. The second kappa shape index (κ2) is 8.62. The van der Waals surface area contributed by atoms with E-state index >= 15 is 0 Å². The van der Waals surface area contributed by atoms with Crippen molar-refractivity contribution >= 4 is 23.5 Å². The molecule has 1 atom stereocenters. The Morgan fingerprint density at radius 2 is 1.96 bits per heavy atom. The smallest absolute Gasteiger partial charge is 0.325 e. The molecule has 0 aromatic heterocycles. The van der Waals surface area contributed by atoms with Crippen LogP contribution in [0.5, 0.6) is 11.5 Å². The van der Waals surface area contributed by atoms with E-state index < -0.39 is 17.9 Å². The van der Waals surface area contributed by atoms with Crippen LogP contribution in [0.15, 0.2) is 12.1 Å². The molecule has 0 radical (unpaired) electrons. The maximum atomic E-state index is 12.1. The van der Waals surface area contributed by atoms with Gasteiger partial charge in [0, 0.05) is 5.56 Å². The number of halogens is 1. The molecule has 0 spiro atoms. The summed E-state index contributed by atoms with van der Waals surface area (Å²) < 4.78 is 10.9. The van der Waals surface area contributed by atoms with Gasteiger partial charge in [-0.2, -0.15) is 0 Å². The zero-order chi connectivity index (χ0) is 17.6. The van der Waals surface area contributed by atoms with E-state index in [2.05, 4.69) is 19.2 Å². The third-order valence-corrected chi connectivity index (χ3v) is 3.43. The summed E-state index contributed by atoms with van der Waals surface area (Å²) in [6.45, 7) is 6.02. The fraction of sp³-hybridized carbons (Fsp3) is 0.500. The van der Waals surface area contributed by atoms with Crippen LogP contribution in [0.2, 0.25) is 5.02 Å². The van der Waals surface area contributed by atoms with Crippen LogP contribution >= 0.6 is 11.6 Å². The Hall–Kier alpha value is -1.95. The molecule has 1 aromatic carbocycles. The number of rotatable bonds is 8. The molecule has 0 saturated heterocycles. The Bertz CT molecular complexity index is 574. The Morgan fingerprint density at radius 1 is 1.30 bits per heavy atom. The van der Waals surface area contributed by atoms with E-state index in [0.29, 0.717) is 24.0 Å². The van der Waals surface area contributed by atoms with E-state index in [9.17, 15) is 9.59 Å². The van der Waals surface area contributed by atoms with Gasteiger partial charge in [-0.15, -0.1) is 0 Å². The zero-order valence-corrected chi connectivity index (χ0v) is 14.4. The molecule has 0 saturated carbocycles. The third-order valence-electron chi connectivity index (χ3n) is 3.15. The van der Waals surface area contributed by atoms with Gasteiger partial charge in [-0.1, -0.05) is 25.4 Å². The minimum absolute atomic E-state index is 0.205. The SMILES string of the molecule is COc1cc(C(=O)N[C@H](C)C(=O)O)cc(Cl)c1OCCC(C)C. The molecule has 0 aliphatic heterocycles. The minimum Gasteiger partial charge on any atom is -0.493 e. The standard InChI is InChI=1S/C16H22ClNO5/c1-9(2)5-6-23-14-12(17)7-11(8-13(14)22-4)15(19)18-10(3)16(20)21/h7-10H,5-6H2,1-4H3,(H,18,19)(H,20,21)/t10-/m1/s1. The number of carboxylic acid groups (broad SMARTS) is 1. The molecule has 0 aliphatic carbocycles. The average molecular weight is 344 g/mol. The molecule has 0 bridgehead atoms. The van der Waals surface area contributed by atoms with Gasteiger partial charge in [0.05, 0.1) is 18.7 Å². The first kappa shape index (κ1) is 19.1. The van der Waals surface area contributed by atoms with Crippen LogP contribution in [0.4, 0.5) is 0 Å². The van der Waals surface area contributed by atoms with Crippen molar-refractivity contribution in [2.24, 2.45) is 5.92 Å². The normalized spacial score (nSPS) is 11.9. The number of benzene rings is 1. The fourth-order valence-electron chi connectivity index (χ4n) is 1.73. The molecule has 23 heavy (non-hydrogen) atoms. The first-order chi connectivity index (χ1) is 10.8. The summed E-state index contributed by atoms with van der Waals surface area (Å²) >= 11 is 6.17. The number of hydrogen-bond donors (Lipinski definition) is 2. The molecule has 128 valence electrons. The van der Waals surface area contributed by atoms with Gasteiger partial charge in [-0.05, 0) is 31.4 Å². The van der Waals surface area contributed by atoms with Gasteiger partial charge in [0.25, 0.3) is 5.91 Å². The first-order valence-corrected chi connectivity index (χ1v) is 7.68. The van der Waals surface area contributed by atoms with Crippen molar-refractivity contribution in [1.29, 1.82) is 0 Å². The monoisotopic (exact) mass is 343 g/mol.